The molecule has 0 heterocycles. The second kappa shape index (κ2) is 5.72. The lowest BCUT2D eigenvalue weighted by Crippen LogP contribution is -2.40. The van der Waals surface area contributed by atoms with E-state index in [1.165, 1.54) is 5.56 Å². The Morgan fingerprint density at radius 1 is 1.44 bits per heavy atom. The summed E-state index contributed by atoms with van der Waals surface area (Å²) < 4.78 is 5.25. The maximum Gasteiger partial charge on any atom is 0.119 e. The number of benzene rings is 1. The van der Waals surface area contributed by atoms with Crippen LogP contribution in [0.15, 0.2) is 18.2 Å². The van der Waals surface area contributed by atoms with Crippen LogP contribution in [0, 0.1) is 0 Å². The smallest absolute Gasteiger partial charge is 0.119 e. The van der Waals surface area contributed by atoms with Crippen molar-refractivity contribution >= 4 is 0 Å². The van der Waals surface area contributed by atoms with Crippen LogP contribution >= 0.6 is 0 Å². The van der Waals surface area contributed by atoms with E-state index in [9.17, 15) is 5.11 Å². The van der Waals surface area contributed by atoms with Crippen LogP contribution in [0.2, 0.25) is 0 Å². The van der Waals surface area contributed by atoms with Crippen molar-refractivity contribution in [1.29, 1.82) is 0 Å². The molecule has 0 radical (unpaired) electrons. The van der Waals surface area contributed by atoms with Gasteiger partial charge in [-0.1, -0.05) is 13.0 Å². The lowest BCUT2D eigenvalue weighted by atomic mass is 9.85. The van der Waals surface area contributed by atoms with Gasteiger partial charge in [-0.2, -0.15) is 0 Å². The molecule has 1 aromatic carbocycles. The van der Waals surface area contributed by atoms with Gasteiger partial charge in [0.05, 0.1) is 13.2 Å². The minimum Gasteiger partial charge on any atom is -0.497 e. The first-order chi connectivity index (χ1) is 8.67. The van der Waals surface area contributed by atoms with E-state index in [0.29, 0.717) is 0 Å². The molecular weight excluding hydrogens is 226 g/mol. The number of aryl methyl sites for hydroxylation is 1. The van der Waals surface area contributed by atoms with Gasteiger partial charge in [0.2, 0.25) is 0 Å². The van der Waals surface area contributed by atoms with Crippen molar-refractivity contribution in [3.05, 3.63) is 29.3 Å². The topological polar surface area (TPSA) is 32.7 Å². The van der Waals surface area contributed by atoms with Crippen molar-refractivity contribution in [3.63, 3.8) is 0 Å². The molecule has 0 aromatic heterocycles. The molecule has 0 aliphatic heterocycles. The standard InChI is InChI=1S/C15H23NO2/c1-4-9-16(2)14-8-6-11-5-7-12(18-3)10-13(11)15(14)17/h5,7,10,14-15,17H,4,6,8-9H2,1-3H3. The summed E-state index contributed by atoms with van der Waals surface area (Å²) in [6.45, 7) is 3.20. The lowest BCUT2D eigenvalue weighted by molar-refractivity contribution is 0.0499. The van der Waals surface area contributed by atoms with Crippen molar-refractivity contribution in [3.8, 4) is 5.75 Å². The fourth-order valence-electron chi connectivity index (χ4n) is 2.85. The largest absolute Gasteiger partial charge is 0.497 e. The molecule has 1 aliphatic rings. The third-order valence-electron chi connectivity index (χ3n) is 3.89. The molecule has 18 heavy (non-hydrogen) atoms. The van der Waals surface area contributed by atoms with Crippen molar-refractivity contribution in [2.75, 3.05) is 20.7 Å². The van der Waals surface area contributed by atoms with E-state index in [-0.39, 0.29) is 6.04 Å². The Morgan fingerprint density at radius 2 is 2.22 bits per heavy atom. The second-order valence-corrected chi connectivity index (χ2v) is 5.10. The summed E-state index contributed by atoms with van der Waals surface area (Å²) >= 11 is 0. The van der Waals surface area contributed by atoms with E-state index >= 15 is 0 Å². The molecule has 0 saturated heterocycles. The van der Waals surface area contributed by atoms with Crippen LogP contribution in [0.5, 0.6) is 5.75 Å². The molecule has 2 rings (SSSR count). The van der Waals surface area contributed by atoms with Gasteiger partial charge in [-0.3, -0.25) is 0 Å². The van der Waals surface area contributed by atoms with Gasteiger partial charge in [-0.15, -0.1) is 0 Å². The Balaban J connectivity index is 2.23. The van der Waals surface area contributed by atoms with Crippen LogP contribution in [-0.2, 0) is 6.42 Å². The maximum absolute atomic E-state index is 10.5. The molecule has 100 valence electrons. The summed E-state index contributed by atoms with van der Waals surface area (Å²) in [6.07, 6.45) is 2.77. The Hall–Kier alpha value is -1.06. The maximum atomic E-state index is 10.5. The summed E-state index contributed by atoms with van der Waals surface area (Å²) in [4.78, 5) is 2.27. The third kappa shape index (κ3) is 2.52. The molecule has 3 nitrogen and oxygen atoms in total. The van der Waals surface area contributed by atoms with Gasteiger partial charge in [0.1, 0.15) is 5.75 Å². The minimum absolute atomic E-state index is 0.226. The van der Waals surface area contributed by atoms with E-state index < -0.39 is 6.10 Å². The Bertz CT molecular complexity index is 405. The van der Waals surface area contributed by atoms with Gasteiger partial charge >= 0.3 is 0 Å². The van der Waals surface area contributed by atoms with Gasteiger partial charge in [0.15, 0.2) is 0 Å². The molecule has 1 aliphatic carbocycles. The molecule has 0 saturated carbocycles. The quantitative estimate of drug-likeness (QED) is 0.889. The molecule has 1 N–H and O–H groups in total. The normalized spacial score (nSPS) is 22.9. The van der Waals surface area contributed by atoms with E-state index in [1.54, 1.807) is 7.11 Å². The minimum atomic E-state index is -0.402. The molecule has 0 amide bonds. The van der Waals surface area contributed by atoms with Crippen LogP contribution in [-0.4, -0.2) is 36.8 Å². The molecular formula is C15H23NO2. The highest BCUT2D eigenvalue weighted by atomic mass is 16.5. The number of aliphatic hydroxyl groups is 1. The summed E-state index contributed by atoms with van der Waals surface area (Å²) in [5.41, 5.74) is 2.29. The Labute approximate surface area is 109 Å². The van der Waals surface area contributed by atoms with Gasteiger partial charge in [0.25, 0.3) is 0 Å². The highest BCUT2D eigenvalue weighted by Gasteiger charge is 2.30. The number of hydrogen-bond acceptors (Lipinski definition) is 3. The molecule has 0 spiro atoms. The third-order valence-corrected chi connectivity index (χ3v) is 3.89. The molecule has 3 heteroatoms. The first-order valence-electron chi connectivity index (χ1n) is 6.72. The molecule has 2 atom stereocenters. The number of hydrogen-bond donors (Lipinski definition) is 1. The van der Waals surface area contributed by atoms with Crippen LogP contribution in [0.25, 0.3) is 0 Å². The molecule has 0 bridgehead atoms. The Kier molecular flexibility index (Phi) is 4.25. The van der Waals surface area contributed by atoms with Crippen molar-refractivity contribution < 1.29 is 9.84 Å². The molecule has 1 aromatic rings. The summed E-state index contributed by atoms with van der Waals surface area (Å²) in [7, 11) is 3.76. The van der Waals surface area contributed by atoms with Crippen LogP contribution < -0.4 is 4.74 Å². The SMILES string of the molecule is CCCN(C)C1CCc2ccc(OC)cc2C1O. The number of nitrogens with zero attached hydrogens (tertiary/aromatic N) is 1. The van der Waals surface area contributed by atoms with Gasteiger partial charge in [0, 0.05) is 6.04 Å². The number of rotatable bonds is 4. The van der Waals surface area contributed by atoms with Gasteiger partial charge < -0.3 is 14.7 Å². The summed E-state index contributed by atoms with van der Waals surface area (Å²) in [5.74, 6) is 0.826. The molecule has 2 unspecified atom stereocenters. The average Bonchev–Trinajstić information content (AvgIpc) is 2.39. The number of likely N-dealkylation sites (N-methyl/N-ethyl adjacent to an activating group) is 1. The van der Waals surface area contributed by atoms with Crippen molar-refractivity contribution in [1.82, 2.24) is 4.90 Å². The number of fused-ring (bicyclic) bond motifs is 1. The summed E-state index contributed by atoms with van der Waals surface area (Å²) in [5, 5.41) is 10.5. The fraction of sp³-hybridized carbons (Fsp3) is 0.600. The van der Waals surface area contributed by atoms with Gasteiger partial charge in [-0.25, -0.2) is 0 Å². The van der Waals surface area contributed by atoms with E-state index in [4.69, 9.17) is 4.74 Å². The van der Waals surface area contributed by atoms with Crippen molar-refractivity contribution in [2.24, 2.45) is 0 Å². The molecule has 0 fully saturated rings. The highest BCUT2D eigenvalue weighted by molar-refractivity contribution is 5.39. The Morgan fingerprint density at radius 3 is 2.89 bits per heavy atom. The summed E-state index contributed by atoms with van der Waals surface area (Å²) in [6, 6.07) is 6.26. The zero-order valence-corrected chi connectivity index (χ0v) is 11.5. The highest BCUT2D eigenvalue weighted by Crippen LogP contribution is 2.34. The van der Waals surface area contributed by atoms with Crippen LogP contribution in [0.3, 0.4) is 0 Å². The van der Waals surface area contributed by atoms with Crippen LogP contribution in [0.4, 0.5) is 0 Å². The van der Waals surface area contributed by atoms with Gasteiger partial charge in [-0.05, 0) is 56.1 Å². The monoisotopic (exact) mass is 249 g/mol. The zero-order valence-electron chi connectivity index (χ0n) is 11.5. The number of methoxy groups -OCH3 is 1. The lowest BCUT2D eigenvalue weighted by Gasteiger charge is -2.36. The first-order valence-corrected chi connectivity index (χ1v) is 6.72. The second-order valence-electron chi connectivity index (χ2n) is 5.10. The van der Waals surface area contributed by atoms with Crippen LogP contribution in [0.1, 0.15) is 37.0 Å². The van der Waals surface area contributed by atoms with E-state index in [0.717, 1.165) is 37.1 Å². The predicted octanol–water partition coefficient (Wildman–Crippen LogP) is 2.39. The number of ether oxygens (including phenoxy) is 1. The van der Waals surface area contributed by atoms with E-state index in [2.05, 4.69) is 24.9 Å². The van der Waals surface area contributed by atoms with Crippen molar-refractivity contribution in [2.45, 2.75) is 38.3 Å². The average molecular weight is 249 g/mol. The number of aliphatic hydroxyl groups excluding tert-OH is 1. The zero-order chi connectivity index (χ0) is 13.1. The first kappa shape index (κ1) is 13.4. The van der Waals surface area contributed by atoms with E-state index in [1.807, 2.05) is 12.1 Å². The fourth-order valence-corrected chi connectivity index (χ4v) is 2.85. The predicted molar refractivity (Wildman–Crippen MR) is 73.0 cm³/mol.